The number of aliphatic hydroxyl groups is 4. The van der Waals surface area contributed by atoms with E-state index in [4.69, 9.17) is 9.47 Å². The van der Waals surface area contributed by atoms with Gasteiger partial charge in [0.05, 0.1) is 24.4 Å². The number of fused-ring (bicyclic) bond motifs is 3. The largest absolute Gasteiger partial charge is 0.458 e. The molecule has 0 unspecified atom stereocenters. The van der Waals surface area contributed by atoms with Gasteiger partial charge in [0.15, 0.2) is 11.4 Å². The van der Waals surface area contributed by atoms with Gasteiger partial charge in [-0.15, -0.1) is 19.0 Å². The van der Waals surface area contributed by atoms with Gasteiger partial charge in [0.1, 0.15) is 17.8 Å². The van der Waals surface area contributed by atoms with E-state index in [9.17, 15) is 30.0 Å². The van der Waals surface area contributed by atoms with Crippen LogP contribution in [-0.2, 0) is 19.1 Å². The Morgan fingerprint density at radius 1 is 1.10 bits per heavy atom. The van der Waals surface area contributed by atoms with Crippen LogP contribution in [-0.4, -0.2) is 109 Å². The summed E-state index contributed by atoms with van der Waals surface area (Å²) in [7, 11) is 0. The number of ether oxygens (including phenoxy) is 2. The molecule has 0 aromatic carbocycles. The lowest BCUT2D eigenvalue weighted by Gasteiger charge is -2.71. The van der Waals surface area contributed by atoms with E-state index >= 15 is 0 Å². The zero-order chi connectivity index (χ0) is 26.9. The van der Waals surface area contributed by atoms with Gasteiger partial charge >= 0.3 is 5.97 Å². The molecule has 39 heavy (non-hydrogen) atoms. The number of rotatable bonds is 4. The highest BCUT2D eigenvalue weighted by atomic mass is 35.5. The first-order valence-electron chi connectivity index (χ1n) is 13.1. The van der Waals surface area contributed by atoms with E-state index in [-0.39, 0.29) is 42.4 Å². The van der Waals surface area contributed by atoms with Crippen LogP contribution in [0.2, 0.25) is 0 Å². The maximum absolute atomic E-state index is 13.8. The summed E-state index contributed by atoms with van der Waals surface area (Å²) < 4.78 is 12.3. The fourth-order valence-corrected chi connectivity index (χ4v) is 7.85. The molecule has 4 aliphatic rings. The third kappa shape index (κ3) is 5.19. The molecule has 2 heterocycles. The van der Waals surface area contributed by atoms with E-state index < -0.39 is 63.6 Å². The highest BCUT2D eigenvalue weighted by Gasteiger charge is 2.81. The summed E-state index contributed by atoms with van der Waals surface area (Å²) in [5.41, 5.74) is -7.28. The SMILES string of the molecule is C=C[C@@]1(C)CC(=O)[C@]2(O)[C@@]3(C)[C@@H](O)CCC(C)(C)[C@@H]3[C@H](OC(=O)CN3CCC(O)CC3)[C@H](O)[C@@]2(C)O1.Cl.O.O. The number of halogens is 1. The van der Waals surface area contributed by atoms with Crippen LogP contribution in [0.3, 0.4) is 0 Å². The number of carbonyl (C=O) groups is 2. The van der Waals surface area contributed by atoms with E-state index in [2.05, 4.69) is 6.58 Å². The number of hydrogen-bond acceptors (Lipinski definition) is 9. The molecule has 2 saturated carbocycles. The van der Waals surface area contributed by atoms with Crippen LogP contribution in [0.25, 0.3) is 0 Å². The summed E-state index contributed by atoms with van der Waals surface area (Å²) in [4.78, 5) is 28.9. The molecule has 8 atom stereocenters. The maximum atomic E-state index is 13.8. The average molecular weight is 582 g/mol. The van der Waals surface area contributed by atoms with Crippen molar-refractivity contribution in [2.45, 2.75) is 108 Å². The molecule has 0 radical (unpaired) electrons. The average Bonchev–Trinajstić information content (AvgIpc) is 2.79. The van der Waals surface area contributed by atoms with Crippen molar-refractivity contribution < 1.29 is 50.4 Å². The summed E-state index contributed by atoms with van der Waals surface area (Å²) in [6.07, 6.45) is -0.768. The van der Waals surface area contributed by atoms with E-state index in [1.807, 2.05) is 18.7 Å². The molecule has 0 bridgehead atoms. The van der Waals surface area contributed by atoms with Gasteiger partial charge in [-0.1, -0.05) is 26.8 Å². The lowest BCUT2D eigenvalue weighted by atomic mass is 9.40. The number of carbonyl (C=O) groups excluding carboxylic acids is 2. The standard InChI is InChI=1S/C27H43NO8.ClH.2H2O/c1-7-24(4)14-18(31)27(34)25(5)17(30)8-11-23(2,3)21(25)20(22(33)26(27,6)36-24)35-19(32)15-28-12-9-16(29)10-13-28;;;/h7,16-17,20-22,29-30,33-34H,1,8-15H2,2-6H3;1H;2*1H2/t17-,20-,21-,22-,24-,25-,26+,27-;;;/m0.../s1. The predicted octanol–water partition coefficient (Wildman–Crippen LogP) is -0.271. The lowest BCUT2D eigenvalue weighted by Crippen LogP contribution is -2.86. The van der Waals surface area contributed by atoms with Gasteiger partial charge in [0.2, 0.25) is 0 Å². The van der Waals surface area contributed by atoms with Crippen LogP contribution < -0.4 is 0 Å². The van der Waals surface area contributed by atoms with Crippen molar-refractivity contribution in [2.24, 2.45) is 16.7 Å². The van der Waals surface area contributed by atoms with Gasteiger partial charge in [-0.25, -0.2) is 0 Å². The van der Waals surface area contributed by atoms with Crippen molar-refractivity contribution in [3.05, 3.63) is 12.7 Å². The fraction of sp³-hybridized carbons (Fsp3) is 0.852. The number of esters is 1. The topological polar surface area (TPSA) is 200 Å². The zero-order valence-electron chi connectivity index (χ0n) is 23.6. The zero-order valence-corrected chi connectivity index (χ0v) is 24.4. The normalized spacial score (nSPS) is 43.9. The van der Waals surface area contributed by atoms with Crippen molar-refractivity contribution in [2.75, 3.05) is 19.6 Å². The highest BCUT2D eigenvalue weighted by Crippen LogP contribution is 2.67. The molecular formula is C27H48ClNO10. The minimum atomic E-state index is -2.23. The van der Waals surface area contributed by atoms with Crippen LogP contribution in [0.15, 0.2) is 12.7 Å². The second kappa shape index (κ2) is 11.6. The first-order chi connectivity index (χ1) is 16.6. The summed E-state index contributed by atoms with van der Waals surface area (Å²) in [5.74, 6) is -1.80. The number of ketones is 1. The number of nitrogens with zero attached hydrogens (tertiary/aromatic N) is 1. The minimum absolute atomic E-state index is 0. The minimum Gasteiger partial charge on any atom is -0.458 e. The molecule has 0 amide bonds. The van der Waals surface area contributed by atoms with Crippen molar-refractivity contribution in [1.29, 1.82) is 0 Å². The first-order valence-corrected chi connectivity index (χ1v) is 13.1. The Kier molecular flexibility index (Phi) is 10.7. The van der Waals surface area contributed by atoms with Gasteiger partial charge in [-0.2, -0.15) is 0 Å². The molecule has 2 aliphatic heterocycles. The second-order valence-corrected chi connectivity index (χ2v) is 12.7. The van der Waals surface area contributed by atoms with Crippen LogP contribution in [0, 0.1) is 16.7 Å². The Morgan fingerprint density at radius 3 is 2.21 bits per heavy atom. The smallest absolute Gasteiger partial charge is 0.320 e. The molecule has 0 spiro atoms. The molecule has 4 rings (SSSR count). The summed E-state index contributed by atoms with van der Waals surface area (Å²) >= 11 is 0. The number of Topliss-reactive ketones (excluding diaryl/α,β-unsaturated/α-hetero) is 1. The van der Waals surface area contributed by atoms with Crippen LogP contribution in [0.5, 0.6) is 0 Å². The molecule has 11 nitrogen and oxygen atoms in total. The third-order valence-corrected chi connectivity index (χ3v) is 9.91. The number of aliphatic hydroxyl groups excluding tert-OH is 3. The number of hydrogen-bond donors (Lipinski definition) is 4. The van der Waals surface area contributed by atoms with Gasteiger partial charge in [-0.3, -0.25) is 14.5 Å². The summed E-state index contributed by atoms with van der Waals surface area (Å²) in [6, 6.07) is 0. The predicted molar refractivity (Wildman–Crippen MR) is 145 cm³/mol. The number of likely N-dealkylation sites (tertiary alicyclic amines) is 1. The molecule has 0 aromatic rings. The van der Waals surface area contributed by atoms with Crippen molar-refractivity contribution >= 4 is 24.2 Å². The van der Waals surface area contributed by atoms with E-state index in [0.29, 0.717) is 38.8 Å². The van der Waals surface area contributed by atoms with E-state index in [1.54, 1.807) is 13.8 Å². The molecule has 12 heteroatoms. The Labute approximate surface area is 236 Å². The Balaban J connectivity index is 0.00000253. The Hall–Kier alpha value is -1.15. The van der Waals surface area contributed by atoms with E-state index in [1.165, 1.54) is 13.0 Å². The van der Waals surface area contributed by atoms with Gasteiger partial charge in [0, 0.05) is 30.8 Å². The molecule has 2 saturated heterocycles. The molecule has 0 aromatic heterocycles. The van der Waals surface area contributed by atoms with Gasteiger partial charge < -0.3 is 40.9 Å². The quantitative estimate of drug-likeness (QED) is 0.255. The monoisotopic (exact) mass is 581 g/mol. The van der Waals surface area contributed by atoms with Crippen LogP contribution in [0.1, 0.15) is 66.7 Å². The lowest BCUT2D eigenvalue weighted by molar-refractivity contribution is -0.370. The van der Waals surface area contributed by atoms with Crippen molar-refractivity contribution in [3.63, 3.8) is 0 Å². The van der Waals surface area contributed by atoms with E-state index in [0.717, 1.165) is 0 Å². The fourth-order valence-electron chi connectivity index (χ4n) is 7.85. The van der Waals surface area contributed by atoms with Gasteiger partial charge in [0.25, 0.3) is 0 Å². The van der Waals surface area contributed by atoms with Crippen molar-refractivity contribution in [1.82, 2.24) is 4.90 Å². The molecular weight excluding hydrogens is 534 g/mol. The summed E-state index contributed by atoms with van der Waals surface area (Å²) in [5, 5.41) is 45.3. The van der Waals surface area contributed by atoms with Crippen LogP contribution >= 0.6 is 12.4 Å². The number of piperidine rings is 1. The molecule has 8 N–H and O–H groups in total. The Morgan fingerprint density at radius 2 is 1.67 bits per heavy atom. The summed E-state index contributed by atoms with van der Waals surface area (Å²) in [6.45, 7) is 13.6. The van der Waals surface area contributed by atoms with Crippen LogP contribution in [0.4, 0.5) is 0 Å². The molecule has 2 aliphatic carbocycles. The molecule has 228 valence electrons. The molecule has 4 fully saturated rings. The third-order valence-electron chi connectivity index (χ3n) is 9.91. The van der Waals surface area contributed by atoms with Gasteiger partial charge in [-0.05, 0) is 44.9 Å². The Bertz CT molecular complexity index is 926. The maximum Gasteiger partial charge on any atom is 0.320 e. The van der Waals surface area contributed by atoms with Crippen molar-refractivity contribution in [3.8, 4) is 0 Å². The second-order valence-electron chi connectivity index (χ2n) is 12.7. The first kappa shape index (κ1) is 35.9. The highest BCUT2D eigenvalue weighted by molar-refractivity contribution is 5.92.